The molecule has 3 rings (SSSR count). The molecule has 0 bridgehead atoms. The number of hydrogen-bond acceptors (Lipinski definition) is 3. The summed E-state index contributed by atoms with van der Waals surface area (Å²) in [5, 5.41) is 8.71. The zero-order valence-electron chi connectivity index (χ0n) is 13.9. The van der Waals surface area contributed by atoms with Crippen molar-refractivity contribution in [3.8, 4) is 0 Å². The lowest BCUT2D eigenvalue weighted by Gasteiger charge is -2.20. The van der Waals surface area contributed by atoms with E-state index in [9.17, 15) is 13.2 Å². The van der Waals surface area contributed by atoms with Crippen molar-refractivity contribution in [3.63, 3.8) is 0 Å². The third kappa shape index (κ3) is 4.20. The number of sulfonamides is 1. The van der Waals surface area contributed by atoms with Gasteiger partial charge in [0.25, 0.3) is 10.0 Å². The second kappa shape index (κ2) is 7.27. The highest BCUT2D eigenvalue weighted by Crippen LogP contribution is 2.29. The number of carboxylic acid groups (broad SMARTS) is 1. The molecular formula is C19H21NO4S. The number of fused-ring (bicyclic) bond motifs is 1. The normalized spacial score (nSPS) is 13.9. The predicted octanol–water partition coefficient (Wildman–Crippen LogP) is 3.38. The van der Waals surface area contributed by atoms with Gasteiger partial charge in [0, 0.05) is 6.42 Å². The fourth-order valence-corrected chi connectivity index (χ4v) is 4.26. The smallest absolute Gasteiger partial charge is 0.303 e. The van der Waals surface area contributed by atoms with Crippen molar-refractivity contribution in [1.82, 2.24) is 0 Å². The van der Waals surface area contributed by atoms with E-state index < -0.39 is 16.0 Å². The highest BCUT2D eigenvalue weighted by molar-refractivity contribution is 7.92. The highest BCUT2D eigenvalue weighted by atomic mass is 32.2. The Morgan fingerprint density at radius 1 is 1.04 bits per heavy atom. The van der Waals surface area contributed by atoms with Crippen LogP contribution in [-0.2, 0) is 34.1 Å². The van der Waals surface area contributed by atoms with Crippen LogP contribution in [0.3, 0.4) is 0 Å². The quantitative estimate of drug-likeness (QED) is 0.828. The molecule has 5 nitrogen and oxygen atoms in total. The van der Waals surface area contributed by atoms with Gasteiger partial charge in [-0.2, -0.15) is 0 Å². The van der Waals surface area contributed by atoms with Crippen molar-refractivity contribution in [3.05, 3.63) is 59.2 Å². The average Bonchev–Trinajstić information content (AvgIpc) is 2.60. The maximum Gasteiger partial charge on any atom is 0.303 e. The second-order valence-electron chi connectivity index (χ2n) is 6.29. The standard InChI is InChI=1S/C19H21NO4S/c21-19(22)13-10-14-8-11-16(12-9-14)25(23,24)20-18-7-3-5-15-4-1-2-6-17(15)18/h3,5,7-9,11-12,20H,1-2,4,6,10,13H2,(H,21,22). The Kier molecular flexibility index (Phi) is 5.08. The van der Waals surface area contributed by atoms with Crippen molar-refractivity contribution in [2.45, 2.75) is 43.4 Å². The predicted molar refractivity (Wildman–Crippen MR) is 96.3 cm³/mol. The second-order valence-corrected chi connectivity index (χ2v) is 7.98. The van der Waals surface area contributed by atoms with Crippen LogP contribution < -0.4 is 4.72 Å². The Morgan fingerprint density at radius 3 is 2.48 bits per heavy atom. The minimum atomic E-state index is -3.66. The molecule has 0 aliphatic heterocycles. The molecule has 2 aromatic rings. The molecule has 1 aliphatic rings. The first-order valence-electron chi connectivity index (χ1n) is 8.40. The number of hydrogen-bond donors (Lipinski definition) is 2. The zero-order chi connectivity index (χ0) is 17.9. The fourth-order valence-electron chi connectivity index (χ4n) is 3.17. The summed E-state index contributed by atoms with van der Waals surface area (Å²) in [7, 11) is -3.66. The molecule has 2 aromatic carbocycles. The molecule has 1 aliphatic carbocycles. The molecule has 0 aromatic heterocycles. The van der Waals surface area contributed by atoms with Gasteiger partial charge in [-0.3, -0.25) is 9.52 Å². The third-order valence-corrected chi connectivity index (χ3v) is 5.88. The molecule has 0 unspecified atom stereocenters. The lowest BCUT2D eigenvalue weighted by atomic mass is 9.91. The molecule has 0 saturated carbocycles. The van der Waals surface area contributed by atoms with Crippen molar-refractivity contribution in [2.24, 2.45) is 0 Å². The van der Waals surface area contributed by atoms with Crippen LogP contribution in [-0.4, -0.2) is 19.5 Å². The summed E-state index contributed by atoms with van der Waals surface area (Å²) in [5.41, 5.74) is 3.77. The maximum atomic E-state index is 12.7. The van der Waals surface area contributed by atoms with Gasteiger partial charge in [-0.15, -0.1) is 0 Å². The van der Waals surface area contributed by atoms with Gasteiger partial charge in [-0.05, 0) is 67.0 Å². The van der Waals surface area contributed by atoms with Gasteiger partial charge in [0.1, 0.15) is 0 Å². The summed E-state index contributed by atoms with van der Waals surface area (Å²) >= 11 is 0. The third-order valence-electron chi connectivity index (χ3n) is 4.50. The van der Waals surface area contributed by atoms with Gasteiger partial charge in [0.15, 0.2) is 0 Å². The molecule has 25 heavy (non-hydrogen) atoms. The van der Waals surface area contributed by atoms with E-state index in [2.05, 4.69) is 10.8 Å². The Morgan fingerprint density at radius 2 is 1.76 bits per heavy atom. The monoisotopic (exact) mass is 359 g/mol. The topological polar surface area (TPSA) is 83.5 Å². The van der Waals surface area contributed by atoms with E-state index in [-0.39, 0.29) is 11.3 Å². The highest BCUT2D eigenvalue weighted by Gasteiger charge is 2.19. The molecule has 0 saturated heterocycles. The number of carboxylic acids is 1. The molecule has 6 heteroatoms. The van der Waals surface area contributed by atoms with Gasteiger partial charge in [-0.25, -0.2) is 8.42 Å². The minimum absolute atomic E-state index is 0.0283. The van der Waals surface area contributed by atoms with Crippen LogP contribution in [0.25, 0.3) is 0 Å². The van der Waals surface area contributed by atoms with Crippen molar-refractivity contribution < 1.29 is 18.3 Å². The van der Waals surface area contributed by atoms with Gasteiger partial charge in [0.05, 0.1) is 10.6 Å². The molecule has 132 valence electrons. The summed E-state index contributed by atoms with van der Waals surface area (Å²) in [5.74, 6) is -0.868. The van der Waals surface area contributed by atoms with Crippen LogP contribution in [0.2, 0.25) is 0 Å². The lowest BCUT2D eigenvalue weighted by molar-refractivity contribution is -0.136. The first-order valence-corrected chi connectivity index (χ1v) is 9.88. The number of nitrogens with one attached hydrogen (secondary N) is 1. The fraction of sp³-hybridized carbons (Fsp3) is 0.316. The van der Waals surface area contributed by atoms with Gasteiger partial charge in [-0.1, -0.05) is 24.3 Å². The van der Waals surface area contributed by atoms with Gasteiger partial charge >= 0.3 is 5.97 Å². The maximum absolute atomic E-state index is 12.7. The van der Waals surface area contributed by atoms with E-state index in [4.69, 9.17) is 5.11 Å². The molecule has 0 atom stereocenters. The minimum Gasteiger partial charge on any atom is -0.481 e. The zero-order valence-corrected chi connectivity index (χ0v) is 14.7. The largest absolute Gasteiger partial charge is 0.481 e. The van der Waals surface area contributed by atoms with E-state index in [1.165, 1.54) is 17.7 Å². The number of aryl methyl sites for hydroxylation is 2. The molecular weight excluding hydrogens is 338 g/mol. The Balaban J connectivity index is 1.79. The summed E-state index contributed by atoms with van der Waals surface area (Å²) in [6, 6.07) is 12.1. The molecule has 0 fully saturated rings. The van der Waals surface area contributed by atoms with E-state index in [1.54, 1.807) is 12.1 Å². The lowest BCUT2D eigenvalue weighted by Crippen LogP contribution is -2.16. The summed E-state index contributed by atoms with van der Waals surface area (Å²) < 4.78 is 28.0. The van der Waals surface area contributed by atoms with Crippen LogP contribution in [0, 0.1) is 0 Å². The molecule has 0 amide bonds. The van der Waals surface area contributed by atoms with Crippen LogP contribution in [0.5, 0.6) is 0 Å². The van der Waals surface area contributed by atoms with Crippen LogP contribution >= 0.6 is 0 Å². The van der Waals surface area contributed by atoms with Crippen LogP contribution in [0.15, 0.2) is 47.4 Å². The molecule has 2 N–H and O–H groups in total. The summed E-state index contributed by atoms with van der Waals surface area (Å²) in [6.07, 6.45) is 4.51. The summed E-state index contributed by atoms with van der Waals surface area (Å²) in [4.78, 5) is 10.8. The van der Waals surface area contributed by atoms with E-state index in [1.807, 2.05) is 12.1 Å². The van der Waals surface area contributed by atoms with Crippen molar-refractivity contribution in [2.75, 3.05) is 4.72 Å². The Labute approximate surface area is 147 Å². The van der Waals surface area contributed by atoms with E-state index in [0.717, 1.165) is 36.8 Å². The molecule has 0 heterocycles. The number of rotatable bonds is 6. The van der Waals surface area contributed by atoms with E-state index in [0.29, 0.717) is 12.1 Å². The van der Waals surface area contributed by atoms with Gasteiger partial charge < -0.3 is 5.11 Å². The average molecular weight is 359 g/mol. The van der Waals surface area contributed by atoms with Crippen LogP contribution in [0.4, 0.5) is 5.69 Å². The molecule has 0 spiro atoms. The van der Waals surface area contributed by atoms with Crippen molar-refractivity contribution >= 4 is 21.7 Å². The SMILES string of the molecule is O=C(O)CCc1ccc(S(=O)(=O)Nc2cccc3c2CCCC3)cc1. The first kappa shape index (κ1) is 17.5. The Hall–Kier alpha value is -2.34. The molecule has 0 radical (unpaired) electrons. The van der Waals surface area contributed by atoms with Crippen molar-refractivity contribution in [1.29, 1.82) is 0 Å². The number of anilines is 1. The number of aliphatic carboxylic acids is 1. The van der Waals surface area contributed by atoms with Crippen LogP contribution in [0.1, 0.15) is 36.0 Å². The Bertz CT molecular complexity index is 873. The number of carbonyl (C=O) groups is 1. The summed E-state index contributed by atoms with van der Waals surface area (Å²) in [6.45, 7) is 0. The first-order chi connectivity index (χ1) is 12.0. The van der Waals surface area contributed by atoms with Gasteiger partial charge in [0.2, 0.25) is 0 Å². The van der Waals surface area contributed by atoms with E-state index >= 15 is 0 Å². The number of benzene rings is 2.